The van der Waals surface area contributed by atoms with Gasteiger partial charge in [-0.25, -0.2) is 4.39 Å². The molecule has 1 aromatic carbocycles. The molecule has 0 aliphatic carbocycles. The predicted octanol–water partition coefficient (Wildman–Crippen LogP) is 2.27. The van der Waals surface area contributed by atoms with Gasteiger partial charge in [0.2, 0.25) is 0 Å². The second-order valence-electron chi connectivity index (χ2n) is 3.56. The van der Waals surface area contributed by atoms with Crippen LogP contribution in [0.25, 0.3) is 0 Å². The lowest BCUT2D eigenvalue weighted by Gasteiger charge is -2.17. The Morgan fingerprint density at radius 2 is 2.31 bits per heavy atom. The van der Waals surface area contributed by atoms with Crippen molar-refractivity contribution in [3.63, 3.8) is 0 Å². The highest BCUT2D eigenvalue weighted by Crippen LogP contribution is 2.18. The van der Waals surface area contributed by atoms with E-state index in [9.17, 15) is 4.39 Å². The maximum Gasteiger partial charge on any atom is 0.124 e. The summed E-state index contributed by atoms with van der Waals surface area (Å²) in [5, 5.41) is 20.8. The van der Waals surface area contributed by atoms with Crippen molar-refractivity contribution >= 4 is 5.69 Å². The molecule has 2 N–H and O–H groups in total. The number of benzene rings is 1. The SMILES string of the molecule is CCC(CCO)Nc1ccc(F)cc1C#N. The number of hydrogen-bond acceptors (Lipinski definition) is 3. The normalized spacial score (nSPS) is 11.9. The summed E-state index contributed by atoms with van der Waals surface area (Å²) < 4.78 is 12.9. The van der Waals surface area contributed by atoms with Gasteiger partial charge >= 0.3 is 0 Å². The molecule has 0 fully saturated rings. The molecule has 0 aliphatic heterocycles. The van der Waals surface area contributed by atoms with E-state index in [4.69, 9.17) is 10.4 Å². The Hall–Kier alpha value is -1.60. The van der Waals surface area contributed by atoms with E-state index in [1.165, 1.54) is 12.1 Å². The Labute approximate surface area is 94.5 Å². The number of halogens is 1. The molecule has 1 rings (SSSR count). The molecule has 0 spiro atoms. The first-order valence-corrected chi connectivity index (χ1v) is 5.28. The molecule has 3 nitrogen and oxygen atoms in total. The number of aliphatic hydroxyl groups is 1. The third-order valence-corrected chi connectivity index (χ3v) is 2.43. The standard InChI is InChI=1S/C12H15FN2O/c1-2-11(5-6-16)15-12-4-3-10(13)7-9(12)8-14/h3-4,7,11,15-16H,2,5-6H2,1H3. The highest BCUT2D eigenvalue weighted by atomic mass is 19.1. The van der Waals surface area contributed by atoms with E-state index >= 15 is 0 Å². The first-order chi connectivity index (χ1) is 7.71. The van der Waals surface area contributed by atoms with Crippen molar-refractivity contribution in [3.05, 3.63) is 29.6 Å². The van der Waals surface area contributed by atoms with Crippen LogP contribution in [0.5, 0.6) is 0 Å². The van der Waals surface area contributed by atoms with Gasteiger partial charge in [0.05, 0.1) is 11.3 Å². The summed E-state index contributed by atoms with van der Waals surface area (Å²) in [6.07, 6.45) is 1.45. The number of hydrogen-bond donors (Lipinski definition) is 2. The van der Waals surface area contributed by atoms with Crippen LogP contribution >= 0.6 is 0 Å². The summed E-state index contributed by atoms with van der Waals surface area (Å²) in [7, 11) is 0. The average Bonchev–Trinajstić information content (AvgIpc) is 2.30. The summed E-state index contributed by atoms with van der Waals surface area (Å²) in [6.45, 7) is 2.08. The Kier molecular flexibility index (Phi) is 4.74. The van der Waals surface area contributed by atoms with Gasteiger partial charge in [0.1, 0.15) is 11.9 Å². The highest BCUT2D eigenvalue weighted by molar-refractivity contribution is 5.57. The quantitative estimate of drug-likeness (QED) is 0.803. The lowest BCUT2D eigenvalue weighted by atomic mass is 10.1. The van der Waals surface area contributed by atoms with E-state index in [1.54, 1.807) is 6.07 Å². The van der Waals surface area contributed by atoms with E-state index in [1.807, 2.05) is 13.0 Å². The maximum atomic E-state index is 12.9. The fourth-order valence-corrected chi connectivity index (χ4v) is 1.49. The Morgan fingerprint density at radius 1 is 1.56 bits per heavy atom. The van der Waals surface area contributed by atoms with E-state index < -0.39 is 5.82 Å². The molecule has 1 aromatic rings. The van der Waals surface area contributed by atoms with Crippen LogP contribution in [0.15, 0.2) is 18.2 Å². The van der Waals surface area contributed by atoms with Gasteiger partial charge in [-0.05, 0) is 31.0 Å². The summed E-state index contributed by atoms with van der Waals surface area (Å²) in [4.78, 5) is 0. The van der Waals surface area contributed by atoms with E-state index in [-0.39, 0.29) is 18.2 Å². The minimum Gasteiger partial charge on any atom is -0.396 e. The topological polar surface area (TPSA) is 56.0 Å². The molecule has 0 aliphatic rings. The van der Waals surface area contributed by atoms with Gasteiger partial charge in [-0.2, -0.15) is 5.26 Å². The molecule has 4 heteroatoms. The van der Waals surface area contributed by atoms with Crippen LogP contribution in [0.2, 0.25) is 0 Å². The molecular weight excluding hydrogens is 207 g/mol. The first kappa shape index (κ1) is 12.5. The van der Waals surface area contributed by atoms with Gasteiger partial charge in [0, 0.05) is 12.6 Å². The molecular formula is C12H15FN2O. The number of rotatable bonds is 5. The van der Waals surface area contributed by atoms with Gasteiger partial charge in [-0.15, -0.1) is 0 Å². The minimum atomic E-state index is -0.419. The minimum absolute atomic E-state index is 0.0919. The summed E-state index contributed by atoms with van der Waals surface area (Å²) in [5.74, 6) is -0.419. The van der Waals surface area contributed by atoms with Crippen molar-refractivity contribution in [2.45, 2.75) is 25.8 Å². The average molecular weight is 222 g/mol. The van der Waals surface area contributed by atoms with Crippen molar-refractivity contribution < 1.29 is 9.50 Å². The third kappa shape index (κ3) is 3.21. The van der Waals surface area contributed by atoms with Crippen molar-refractivity contribution in [2.75, 3.05) is 11.9 Å². The largest absolute Gasteiger partial charge is 0.396 e. The number of nitriles is 1. The van der Waals surface area contributed by atoms with Crippen LogP contribution in [-0.4, -0.2) is 17.8 Å². The number of nitrogens with one attached hydrogen (secondary N) is 1. The molecule has 0 saturated carbocycles. The molecule has 1 atom stereocenters. The fraction of sp³-hybridized carbons (Fsp3) is 0.417. The summed E-state index contributed by atoms with van der Waals surface area (Å²) in [5.41, 5.74) is 0.903. The zero-order valence-electron chi connectivity index (χ0n) is 9.20. The Morgan fingerprint density at radius 3 is 2.88 bits per heavy atom. The summed E-state index contributed by atoms with van der Waals surface area (Å²) >= 11 is 0. The monoisotopic (exact) mass is 222 g/mol. The molecule has 1 unspecified atom stereocenters. The molecule has 0 aromatic heterocycles. The fourth-order valence-electron chi connectivity index (χ4n) is 1.49. The lowest BCUT2D eigenvalue weighted by Crippen LogP contribution is -2.20. The third-order valence-electron chi connectivity index (χ3n) is 2.43. The number of anilines is 1. The van der Waals surface area contributed by atoms with Crippen LogP contribution in [-0.2, 0) is 0 Å². The number of aliphatic hydroxyl groups excluding tert-OH is 1. The molecule has 0 heterocycles. The first-order valence-electron chi connectivity index (χ1n) is 5.28. The van der Waals surface area contributed by atoms with E-state index in [0.29, 0.717) is 12.1 Å². The van der Waals surface area contributed by atoms with E-state index in [0.717, 1.165) is 6.42 Å². The molecule has 86 valence electrons. The Bertz CT molecular complexity index is 387. The maximum absolute atomic E-state index is 12.9. The number of nitrogens with zero attached hydrogens (tertiary/aromatic N) is 1. The molecule has 0 saturated heterocycles. The van der Waals surface area contributed by atoms with Crippen molar-refractivity contribution in [2.24, 2.45) is 0 Å². The van der Waals surface area contributed by atoms with Crippen molar-refractivity contribution in [1.82, 2.24) is 0 Å². The van der Waals surface area contributed by atoms with Crippen molar-refractivity contribution in [3.8, 4) is 6.07 Å². The van der Waals surface area contributed by atoms with Gasteiger partial charge in [0.15, 0.2) is 0 Å². The molecule has 16 heavy (non-hydrogen) atoms. The highest BCUT2D eigenvalue weighted by Gasteiger charge is 2.09. The molecule has 0 bridgehead atoms. The van der Waals surface area contributed by atoms with Crippen LogP contribution in [0.4, 0.5) is 10.1 Å². The van der Waals surface area contributed by atoms with Crippen LogP contribution in [0.1, 0.15) is 25.3 Å². The van der Waals surface area contributed by atoms with Crippen molar-refractivity contribution in [1.29, 1.82) is 5.26 Å². The van der Waals surface area contributed by atoms with Gasteiger partial charge in [-0.1, -0.05) is 6.92 Å². The van der Waals surface area contributed by atoms with Crippen LogP contribution in [0, 0.1) is 17.1 Å². The van der Waals surface area contributed by atoms with E-state index in [2.05, 4.69) is 5.32 Å². The molecule has 0 radical (unpaired) electrons. The zero-order chi connectivity index (χ0) is 12.0. The van der Waals surface area contributed by atoms with Gasteiger partial charge < -0.3 is 10.4 Å². The zero-order valence-corrected chi connectivity index (χ0v) is 9.20. The lowest BCUT2D eigenvalue weighted by molar-refractivity contribution is 0.278. The molecule has 0 amide bonds. The van der Waals surface area contributed by atoms with Crippen LogP contribution < -0.4 is 5.32 Å². The predicted molar refractivity (Wildman–Crippen MR) is 60.5 cm³/mol. The van der Waals surface area contributed by atoms with Gasteiger partial charge in [0.25, 0.3) is 0 Å². The smallest absolute Gasteiger partial charge is 0.124 e. The summed E-state index contributed by atoms with van der Waals surface area (Å²) in [6, 6.07) is 6.11. The van der Waals surface area contributed by atoms with Crippen LogP contribution in [0.3, 0.4) is 0 Å². The Balaban J connectivity index is 2.83. The van der Waals surface area contributed by atoms with Gasteiger partial charge in [-0.3, -0.25) is 0 Å². The second kappa shape index (κ2) is 6.09. The second-order valence-corrected chi connectivity index (χ2v) is 3.56.